The molecule has 0 saturated carbocycles. The molecule has 1 aromatic carbocycles. The number of carbonyl (C=O) groups is 1. The van der Waals surface area contributed by atoms with E-state index in [1.165, 1.54) is 4.90 Å². The van der Waals surface area contributed by atoms with Crippen LogP contribution in [0.2, 0.25) is 0 Å². The molecule has 12 heteroatoms. The molecule has 1 amide bonds. The summed E-state index contributed by atoms with van der Waals surface area (Å²) in [5.74, 6) is 0.358. The number of hydrogen-bond donors (Lipinski definition) is 1. The van der Waals surface area contributed by atoms with E-state index in [0.717, 1.165) is 18.9 Å². The quantitative estimate of drug-likeness (QED) is 0.448. The number of amides is 1. The summed E-state index contributed by atoms with van der Waals surface area (Å²) in [4.78, 5) is 27.1. The van der Waals surface area contributed by atoms with Crippen molar-refractivity contribution >= 4 is 29.8 Å². The minimum Gasteiger partial charge on any atom is -0.482 e. The Morgan fingerprint density at radius 3 is 2.86 bits per heavy atom. The summed E-state index contributed by atoms with van der Waals surface area (Å²) in [6, 6.07) is 7.72. The van der Waals surface area contributed by atoms with Crippen LogP contribution >= 0.6 is 0 Å². The normalized spacial score (nSPS) is 20.4. The number of halogens is 2. The number of piperidine rings is 1. The summed E-state index contributed by atoms with van der Waals surface area (Å²) < 4.78 is 35.4. The fourth-order valence-electron chi connectivity index (χ4n) is 5.46. The predicted octanol–water partition coefficient (Wildman–Crippen LogP) is 3.68. The number of pyridine rings is 1. The number of nitrogens with zero attached hydrogens (tertiary/aromatic N) is 7. The van der Waals surface area contributed by atoms with Crippen molar-refractivity contribution in [1.29, 1.82) is 5.26 Å². The highest BCUT2D eigenvalue weighted by Gasteiger charge is 2.35. The van der Waals surface area contributed by atoms with Crippen molar-refractivity contribution < 1.29 is 23.0 Å². The maximum Gasteiger partial charge on any atom is 0.357 e. The molecule has 3 aliphatic rings. The molecule has 0 radical (unpaired) electrons. The monoisotopic (exact) mass is 571 g/mol. The third kappa shape index (κ3) is 5.23. The van der Waals surface area contributed by atoms with E-state index in [1.54, 1.807) is 29.2 Å². The summed E-state index contributed by atoms with van der Waals surface area (Å²) in [6.45, 7) is 4.98. The van der Waals surface area contributed by atoms with Gasteiger partial charge in [0.2, 0.25) is 0 Å². The molecule has 0 bridgehead atoms. The summed E-state index contributed by atoms with van der Waals surface area (Å²) in [5, 5.41) is 17.9. The van der Waals surface area contributed by atoms with Gasteiger partial charge in [0.25, 0.3) is 5.91 Å². The van der Waals surface area contributed by atoms with E-state index in [1.807, 2.05) is 6.07 Å². The van der Waals surface area contributed by atoms with Gasteiger partial charge in [0, 0.05) is 24.4 Å². The average molecular weight is 572 g/mol. The number of carbonyl (C=O) groups excluding carboxylic acids is 1. The Labute approximate surface area is 241 Å². The molecule has 6 rings (SSSR count). The second-order valence-corrected chi connectivity index (χ2v) is 10.9. The third-order valence-electron chi connectivity index (χ3n) is 7.49. The Kier molecular flexibility index (Phi) is 7.43. The second kappa shape index (κ2) is 11.3. The standard InChI is InChI=1S/C30H29F2N8O2/c1-17(2)7-24-21(9-33)29(22-12-37-40(30(22)38-24)14-19-5-6-34-13-23(19)32)18-3-4-25-26(8-18)42-16-28(41)39(25)15-27-35-10-20(31)11-36-27/h3-4,8,10-12,14,17,19,23,34H,5-7,13,15-16H2,1-2H3/q+1/b40-14+/t19?,23-/m1/s1. The molecule has 5 heterocycles. The number of nitrogens with one attached hydrogen (secondary N) is 1. The van der Waals surface area contributed by atoms with Gasteiger partial charge in [0.05, 0.1) is 30.8 Å². The van der Waals surface area contributed by atoms with Gasteiger partial charge in [-0.3, -0.25) is 9.69 Å². The molecule has 0 aliphatic carbocycles. The lowest BCUT2D eigenvalue weighted by atomic mass is 9.91. The third-order valence-corrected chi connectivity index (χ3v) is 7.49. The number of nitriles is 1. The number of benzene rings is 1. The van der Waals surface area contributed by atoms with E-state index in [0.29, 0.717) is 58.0 Å². The van der Waals surface area contributed by atoms with Gasteiger partial charge < -0.3 is 10.1 Å². The molecule has 3 aromatic rings. The molecule has 0 spiro atoms. The molecule has 2 aromatic heterocycles. The Hall–Kier alpha value is -4.63. The smallest absolute Gasteiger partial charge is 0.357 e. The SMILES string of the molecule is CC(C)Cc1nc2c(c(-c3ccc4c(c3)OCC(=O)N4Cc3ncc(F)cn3)c1C#N)C=N/[N+]2=C/C1CCNC[C@H]1F. The van der Waals surface area contributed by atoms with Crippen LogP contribution in [-0.4, -0.2) is 63.8 Å². The molecule has 1 N–H and O–H groups in total. The molecule has 3 aliphatic heterocycles. The first-order valence-electron chi connectivity index (χ1n) is 13.9. The molecule has 1 saturated heterocycles. The van der Waals surface area contributed by atoms with Crippen molar-refractivity contribution in [2.75, 3.05) is 24.6 Å². The minimum absolute atomic E-state index is 0.0468. The first-order valence-corrected chi connectivity index (χ1v) is 13.9. The molecule has 214 valence electrons. The maximum absolute atomic E-state index is 14.7. The number of ether oxygens (including phenoxy) is 1. The van der Waals surface area contributed by atoms with Gasteiger partial charge in [-0.1, -0.05) is 25.0 Å². The van der Waals surface area contributed by atoms with Gasteiger partial charge >= 0.3 is 5.82 Å². The number of rotatable bonds is 6. The zero-order valence-corrected chi connectivity index (χ0v) is 23.2. The highest BCUT2D eigenvalue weighted by Crippen LogP contribution is 2.41. The summed E-state index contributed by atoms with van der Waals surface area (Å²) in [5.41, 5.74) is 3.58. The van der Waals surface area contributed by atoms with Crippen LogP contribution in [0.5, 0.6) is 5.75 Å². The maximum atomic E-state index is 14.7. The topological polar surface area (TPSA) is 119 Å². The fraction of sp³-hybridized carbons (Fsp3) is 0.367. The highest BCUT2D eigenvalue weighted by atomic mass is 19.1. The van der Waals surface area contributed by atoms with E-state index < -0.39 is 12.0 Å². The van der Waals surface area contributed by atoms with Gasteiger partial charge in [0.15, 0.2) is 18.1 Å². The lowest BCUT2D eigenvalue weighted by molar-refractivity contribution is -0.442. The Balaban J connectivity index is 1.44. The molecule has 1 fully saturated rings. The molecule has 1 unspecified atom stereocenters. The van der Waals surface area contributed by atoms with Crippen LogP contribution < -0.4 is 15.0 Å². The van der Waals surface area contributed by atoms with Gasteiger partial charge in [0.1, 0.15) is 41.2 Å². The Morgan fingerprint density at radius 1 is 1.31 bits per heavy atom. The lowest BCUT2D eigenvalue weighted by Crippen LogP contribution is -2.39. The van der Waals surface area contributed by atoms with E-state index >= 15 is 0 Å². The molecule has 10 nitrogen and oxygen atoms in total. The fourth-order valence-corrected chi connectivity index (χ4v) is 5.46. The van der Waals surface area contributed by atoms with Crippen LogP contribution in [0.25, 0.3) is 11.1 Å². The number of fused-ring (bicyclic) bond motifs is 2. The lowest BCUT2D eigenvalue weighted by Gasteiger charge is -2.29. The number of aromatic nitrogens is 3. The molecular weight excluding hydrogens is 542 g/mol. The summed E-state index contributed by atoms with van der Waals surface area (Å²) >= 11 is 0. The number of hydrazone groups is 1. The average Bonchev–Trinajstić information content (AvgIpc) is 3.37. The first kappa shape index (κ1) is 27.5. The molecule has 42 heavy (non-hydrogen) atoms. The van der Waals surface area contributed by atoms with Crippen LogP contribution in [0.4, 0.5) is 20.3 Å². The van der Waals surface area contributed by atoms with E-state index in [-0.39, 0.29) is 43.3 Å². The Morgan fingerprint density at radius 2 is 2.12 bits per heavy atom. The van der Waals surface area contributed by atoms with Crippen LogP contribution in [0.15, 0.2) is 35.7 Å². The Bertz CT molecular complexity index is 1650. The van der Waals surface area contributed by atoms with Crippen molar-refractivity contribution in [3.63, 3.8) is 0 Å². The van der Waals surface area contributed by atoms with Crippen molar-refractivity contribution in [3.8, 4) is 22.9 Å². The van der Waals surface area contributed by atoms with E-state index in [4.69, 9.17) is 9.72 Å². The van der Waals surface area contributed by atoms with Crippen molar-refractivity contribution in [3.05, 3.63) is 59.1 Å². The van der Waals surface area contributed by atoms with Crippen molar-refractivity contribution in [1.82, 2.24) is 20.3 Å². The van der Waals surface area contributed by atoms with E-state index in [2.05, 4.69) is 40.3 Å². The molecular formula is C30H29F2N8O2+. The molecule has 2 atom stereocenters. The first-order chi connectivity index (χ1) is 20.3. The van der Waals surface area contributed by atoms with Crippen molar-refractivity contribution in [2.45, 2.75) is 39.4 Å². The number of anilines is 1. The van der Waals surface area contributed by atoms with Crippen LogP contribution in [-0.2, 0) is 17.8 Å². The van der Waals surface area contributed by atoms with Gasteiger partial charge in [-0.15, -0.1) is 4.68 Å². The van der Waals surface area contributed by atoms with Gasteiger partial charge in [-0.05, 0) is 41.6 Å². The predicted molar refractivity (Wildman–Crippen MR) is 151 cm³/mol. The second-order valence-electron chi connectivity index (χ2n) is 10.9. The van der Waals surface area contributed by atoms with E-state index in [9.17, 15) is 18.8 Å². The zero-order chi connectivity index (χ0) is 29.4. The van der Waals surface area contributed by atoms with Crippen LogP contribution in [0.1, 0.15) is 42.9 Å². The minimum atomic E-state index is -1.03. The highest BCUT2D eigenvalue weighted by molar-refractivity contribution is 6.01. The largest absolute Gasteiger partial charge is 0.482 e. The van der Waals surface area contributed by atoms with Crippen molar-refractivity contribution in [2.24, 2.45) is 16.9 Å². The zero-order valence-electron chi connectivity index (χ0n) is 23.2. The van der Waals surface area contributed by atoms with Gasteiger partial charge in [-0.25, -0.2) is 18.7 Å². The van der Waals surface area contributed by atoms with Crippen LogP contribution in [0, 0.1) is 29.0 Å². The summed E-state index contributed by atoms with van der Waals surface area (Å²) in [6.07, 6.45) is 5.73. The number of alkyl halides is 1. The number of hydrogen-bond acceptors (Lipinski definition) is 8. The van der Waals surface area contributed by atoms with Crippen LogP contribution in [0.3, 0.4) is 0 Å². The van der Waals surface area contributed by atoms with Gasteiger partial charge in [-0.2, -0.15) is 5.26 Å². The summed E-state index contributed by atoms with van der Waals surface area (Å²) in [7, 11) is 0.